The maximum Gasteiger partial charge on any atom is 0.0504 e. The Morgan fingerprint density at radius 1 is 1.57 bits per heavy atom. The number of nitrogens with zero attached hydrogens (tertiary/aromatic N) is 2. The zero-order valence-electron chi connectivity index (χ0n) is 3.70. The second-order valence-electron chi connectivity index (χ2n) is 0.769. The lowest BCUT2D eigenvalue weighted by molar-refractivity contribution is 1.14. The molecule has 4 nitrogen and oxygen atoms in total. The minimum Gasteiger partial charge on any atom is -0.323 e. The van der Waals surface area contributed by atoms with Crippen molar-refractivity contribution in [2.45, 2.75) is 0 Å². The second kappa shape index (κ2) is 4.81. The summed E-state index contributed by atoms with van der Waals surface area (Å²) in [6.07, 6.45) is 4.08. The Hall–Kier alpha value is -1.19. The minimum absolute atomic E-state index is 1.27. The molecule has 0 aliphatic heterocycles. The summed E-state index contributed by atoms with van der Waals surface area (Å²) in [7, 11) is 0. The van der Waals surface area contributed by atoms with Crippen LogP contribution in [0.15, 0.2) is 22.5 Å². The summed E-state index contributed by atoms with van der Waals surface area (Å²) in [5.74, 6) is 4.68. The molecule has 0 aromatic carbocycles. The highest BCUT2D eigenvalue weighted by Crippen LogP contribution is 1.65. The van der Waals surface area contributed by atoms with Gasteiger partial charge in [0, 0.05) is 6.21 Å². The molecule has 0 bridgehead atoms. The fourth-order valence-corrected chi connectivity index (χ4v) is 0.131. The molecule has 0 atom stereocenters. The first-order valence-corrected chi connectivity index (χ1v) is 1.66. The third-order valence-electron chi connectivity index (χ3n) is 0.333. The normalized spacial score (nSPS) is 10.9. The Kier molecular flexibility index (Phi) is 3.99. The van der Waals surface area contributed by atoms with Gasteiger partial charge >= 0.3 is 0 Å². The third-order valence-corrected chi connectivity index (χ3v) is 0.333. The summed E-state index contributed by atoms with van der Waals surface area (Å²) in [5, 5.41) is 6.01. The molecule has 38 valence electrons. The van der Waals surface area contributed by atoms with Crippen LogP contribution in [-0.2, 0) is 0 Å². The van der Waals surface area contributed by atoms with E-state index in [1.165, 1.54) is 18.5 Å². The van der Waals surface area contributed by atoms with E-state index in [-0.39, 0.29) is 0 Å². The fraction of sp³-hybridized carbons (Fsp3) is 0. The predicted octanol–water partition coefficient (Wildman–Crippen LogP) is 0.476. The predicted molar refractivity (Wildman–Crippen MR) is 27.0 cm³/mol. The van der Waals surface area contributed by atoms with Crippen molar-refractivity contribution < 1.29 is 0 Å². The molecule has 0 fully saturated rings. The largest absolute Gasteiger partial charge is 0.323 e. The minimum atomic E-state index is 1.27. The quantitative estimate of drug-likeness (QED) is 0.224. The molecule has 0 aliphatic carbocycles. The van der Waals surface area contributed by atoms with E-state index >= 15 is 0 Å². The SMILES string of the molecule is N=N/C=C\C=N/N. The zero-order chi connectivity index (χ0) is 5.54. The van der Waals surface area contributed by atoms with Crippen LogP contribution in [0.3, 0.4) is 0 Å². The molecule has 0 radical (unpaired) electrons. The Morgan fingerprint density at radius 2 is 2.29 bits per heavy atom. The van der Waals surface area contributed by atoms with Gasteiger partial charge in [0.2, 0.25) is 0 Å². The van der Waals surface area contributed by atoms with Crippen LogP contribution in [0, 0.1) is 5.53 Å². The van der Waals surface area contributed by atoms with Gasteiger partial charge in [0.15, 0.2) is 0 Å². The molecule has 0 saturated carbocycles. The van der Waals surface area contributed by atoms with Crippen molar-refractivity contribution in [3.05, 3.63) is 12.3 Å². The van der Waals surface area contributed by atoms with Gasteiger partial charge in [-0.25, -0.2) is 5.53 Å². The molecule has 0 aromatic heterocycles. The molecular formula is C3H6N4. The molecule has 0 unspecified atom stereocenters. The van der Waals surface area contributed by atoms with Gasteiger partial charge in [0.25, 0.3) is 0 Å². The van der Waals surface area contributed by atoms with Crippen LogP contribution in [0.1, 0.15) is 0 Å². The van der Waals surface area contributed by atoms with Gasteiger partial charge in [-0.15, -0.1) is 0 Å². The van der Waals surface area contributed by atoms with Gasteiger partial charge in [-0.1, -0.05) is 0 Å². The number of hydrogen-bond donors (Lipinski definition) is 2. The van der Waals surface area contributed by atoms with Crippen molar-refractivity contribution in [1.82, 2.24) is 0 Å². The van der Waals surface area contributed by atoms with E-state index in [0.29, 0.717) is 0 Å². The third kappa shape index (κ3) is 4.81. The summed E-state index contributed by atoms with van der Waals surface area (Å²) < 4.78 is 0. The average Bonchev–Trinajstić information content (AvgIpc) is 1.69. The summed E-state index contributed by atoms with van der Waals surface area (Å²) in [6, 6.07) is 0. The fourth-order valence-electron chi connectivity index (χ4n) is 0.131. The van der Waals surface area contributed by atoms with Gasteiger partial charge < -0.3 is 5.84 Å². The van der Waals surface area contributed by atoms with E-state index in [1.807, 2.05) is 0 Å². The molecule has 3 N–H and O–H groups in total. The molecule has 7 heavy (non-hydrogen) atoms. The Bertz CT molecular complexity index is 93.1. The molecule has 0 spiro atoms. The average molecular weight is 98.1 g/mol. The summed E-state index contributed by atoms with van der Waals surface area (Å²) >= 11 is 0. The summed E-state index contributed by atoms with van der Waals surface area (Å²) in [5.41, 5.74) is 6.22. The number of nitrogens with one attached hydrogen (secondary N) is 1. The van der Waals surface area contributed by atoms with Crippen LogP contribution in [0.4, 0.5) is 0 Å². The highest BCUT2D eigenvalue weighted by Gasteiger charge is 1.54. The lowest BCUT2D eigenvalue weighted by atomic mass is 10.7. The van der Waals surface area contributed by atoms with Crippen LogP contribution in [0.2, 0.25) is 0 Å². The molecule has 0 heterocycles. The van der Waals surface area contributed by atoms with E-state index in [9.17, 15) is 0 Å². The highest BCUT2D eigenvalue weighted by molar-refractivity contribution is 5.70. The Morgan fingerprint density at radius 3 is 2.71 bits per heavy atom. The topological polar surface area (TPSA) is 74.6 Å². The number of allylic oxidation sites excluding steroid dienone is 1. The smallest absolute Gasteiger partial charge is 0.0504 e. The molecular weight excluding hydrogens is 92.1 g/mol. The zero-order valence-corrected chi connectivity index (χ0v) is 3.70. The number of nitrogens with two attached hydrogens (primary N) is 1. The van der Waals surface area contributed by atoms with Gasteiger partial charge in [-0.3, -0.25) is 0 Å². The van der Waals surface area contributed by atoms with Crippen molar-refractivity contribution in [2.75, 3.05) is 0 Å². The van der Waals surface area contributed by atoms with Crippen molar-refractivity contribution in [2.24, 2.45) is 16.1 Å². The van der Waals surface area contributed by atoms with E-state index < -0.39 is 0 Å². The number of hydrazone groups is 1. The van der Waals surface area contributed by atoms with Gasteiger partial charge in [0.1, 0.15) is 0 Å². The first-order valence-electron chi connectivity index (χ1n) is 1.66. The van der Waals surface area contributed by atoms with Gasteiger partial charge in [0.05, 0.1) is 6.20 Å². The van der Waals surface area contributed by atoms with Crippen molar-refractivity contribution in [3.8, 4) is 0 Å². The maximum absolute atomic E-state index is 6.22. The molecule has 0 rings (SSSR count). The van der Waals surface area contributed by atoms with Crippen LogP contribution in [-0.4, -0.2) is 6.21 Å². The van der Waals surface area contributed by atoms with Crippen molar-refractivity contribution in [1.29, 1.82) is 5.53 Å². The Balaban J connectivity index is 3.27. The molecule has 0 aromatic rings. The first kappa shape index (κ1) is 5.81. The van der Waals surface area contributed by atoms with E-state index in [4.69, 9.17) is 5.53 Å². The molecule has 0 saturated heterocycles. The van der Waals surface area contributed by atoms with Crippen LogP contribution in [0.5, 0.6) is 0 Å². The van der Waals surface area contributed by atoms with Gasteiger partial charge in [-0.05, 0) is 6.08 Å². The highest BCUT2D eigenvalue weighted by atomic mass is 15.1. The van der Waals surface area contributed by atoms with Crippen LogP contribution >= 0.6 is 0 Å². The van der Waals surface area contributed by atoms with Crippen molar-refractivity contribution in [3.63, 3.8) is 0 Å². The monoisotopic (exact) mass is 98.1 g/mol. The summed E-state index contributed by atoms with van der Waals surface area (Å²) in [6.45, 7) is 0. The van der Waals surface area contributed by atoms with E-state index in [0.717, 1.165) is 0 Å². The molecule has 0 aliphatic rings. The molecule has 0 amide bonds. The van der Waals surface area contributed by atoms with Crippen LogP contribution in [0.25, 0.3) is 0 Å². The lowest BCUT2D eigenvalue weighted by Crippen LogP contribution is -1.76. The van der Waals surface area contributed by atoms with E-state index in [2.05, 4.69) is 16.1 Å². The molecule has 4 heteroatoms. The first-order chi connectivity index (χ1) is 3.41. The second-order valence-corrected chi connectivity index (χ2v) is 0.769. The van der Waals surface area contributed by atoms with Crippen molar-refractivity contribution >= 4 is 6.21 Å². The number of rotatable bonds is 2. The maximum atomic E-state index is 6.22. The van der Waals surface area contributed by atoms with Crippen LogP contribution < -0.4 is 5.84 Å². The standard InChI is InChI=1S/C3H6N4/c4-6-2-1-3-7-5/h1-4H,5H2/b2-1-,6-4?,7-3-. The van der Waals surface area contributed by atoms with E-state index in [1.54, 1.807) is 0 Å². The lowest BCUT2D eigenvalue weighted by Gasteiger charge is -1.65. The van der Waals surface area contributed by atoms with Gasteiger partial charge in [-0.2, -0.15) is 10.2 Å². The number of hydrogen-bond acceptors (Lipinski definition) is 4. The Labute approximate surface area is 41.2 Å². The summed E-state index contributed by atoms with van der Waals surface area (Å²) in [4.78, 5) is 0.